The highest BCUT2D eigenvalue weighted by molar-refractivity contribution is 6.31. The van der Waals surface area contributed by atoms with Gasteiger partial charge in [0.05, 0.1) is 12.7 Å². The summed E-state index contributed by atoms with van der Waals surface area (Å²) in [4.78, 5) is 27.0. The standard InChI is InChI=1S/C22H24ClFN2O3/c1-14-3-4-15(11-19(14)24)13-25-21(27)16-7-9-26(10-8-16)22(28)18-12-17(23)5-6-20(18)29-2/h3-6,11-12,16H,7-10,13H2,1-2H3,(H,25,27). The summed E-state index contributed by atoms with van der Waals surface area (Å²) >= 11 is 6.02. The van der Waals surface area contributed by atoms with Crippen molar-refractivity contribution < 1.29 is 18.7 Å². The zero-order valence-corrected chi connectivity index (χ0v) is 17.3. The minimum Gasteiger partial charge on any atom is -0.496 e. The molecule has 5 nitrogen and oxygen atoms in total. The Morgan fingerprint density at radius 3 is 2.59 bits per heavy atom. The van der Waals surface area contributed by atoms with E-state index in [4.69, 9.17) is 16.3 Å². The van der Waals surface area contributed by atoms with Crippen LogP contribution >= 0.6 is 11.6 Å². The second kappa shape index (κ2) is 9.27. The minimum atomic E-state index is -0.278. The van der Waals surface area contributed by atoms with E-state index < -0.39 is 0 Å². The summed E-state index contributed by atoms with van der Waals surface area (Å²) in [7, 11) is 1.51. The Bertz CT molecular complexity index is 911. The van der Waals surface area contributed by atoms with Crippen LogP contribution in [-0.2, 0) is 11.3 Å². The Hall–Kier alpha value is -2.60. The molecule has 0 aliphatic carbocycles. The summed E-state index contributed by atoms with van der Waals surface area (Å²) in [5.41, 5.74) is 1.72. The lowest BCUT2D eigenvalue weighted by Gasteiger charge is -2.31. The van der Waals surface area contributed by atoms with Gasteiger partial charge in [-0.2, -0.15) is 0 Å². The van der Waals surface area contributed by atoms with E-state index in [1.807, 2.05) is 0 Å². The summed E-state index contributed by atoms with van der Waals surface area (Å²) < 4.78 is 18.9. The molecule has 2 aromatic carbocycles. The molecule has 0 spiro atoms. The van der Waals surface area contributed by atoms with Gasteiger partial charge in [0.15, 0.2) is 0 Å². The van der Waals surface area contributed by atoms with Crippen LogP contribution in [0.5, 0.6) is 5.75 Å². The van der Waals surface area contributed by atoms with Crippen molar-refractivity contribution in [3.05, 3.63) is 63.9 Å². The number of carbonyl (C=O) groups is 2. The summed E-state index contributed by atoms with van der Waals surface area (Å²) in [6.45, 7) is 2.94. The van der Waals surface area contributed by atoms with Gasteiger partial charge in [-0.3, -0.25) is 9.59 Å². The zero-order valence-electron chi connectivity index (χ0n) is 16.5. The average Bonchev–Trinajstić information content (AvgIpc) is 2.74. The van der Waals surface area contributed by atoms with Gasteiger partial charge in [0.25, 0.3) is 5.91 Å². The third kappa shape index (κ3) is 5.07. The lowest BCUT2D eigenvalue weighted by Crippen LogP contribution is -2.43. The first-order chi connectivity index (χ1) is 13.9. The second-order valence-corrected chi connectivity index (χ2v) is 7.65. The van der Waals surface area contributed by atoms with E-state index >= 15 is 0 Å². The molecule has 1 aliphatic rings. The molecule has 154 valence electrons. The lowest BCUT2D eigenvalue weighted by atomic mass is 9.95. The number of methoxy groups -OCH3 is 1. The molecule has 29 heavy (non-hydrogen) atoms. The number of halogens is 2. The average molecular weight is 419 g/mol. The van der Waals surface area contributed by atoms with Crippen LogP contribution in [0.15, 0.2) is 36.4 Å². The largest absolute Gasteiger partial charge is 0.496 e. The van der Waals surface area contributed by atoms with Gasteiger partial charge < -0.3 is 15.0 Å². The molecule has 0 saturated carbocycles. The number of hydrogen-bond acceptors (Lipinski definition) is 3. The third-order valence-electron chi connectivity index (χ3n) is 5.25. The number of aryl methyl sites for hydroxylation is 1. The van der Waals surface area contributed by atoms with E-state index in [0.29, 0.717) is 47.8 Å². The quantitative estimate of drug-likeness (QED) is 0.799. The highest BCUT2D eigenvalue weighted by Gasteiger charge is 2.29. The van der Waals surface area contributed by atoms with Gasteiger partial charge in [0.1, 0.15) is 11.6 Å². The van der Waals surface area contributed by atoms with Crippen LogP contribution in [0.4, 0.5) is 4.39 Å². The van der Waals surface area contributed by atoms with Crippen LogP contribution in [0.3, 0.4) is 0 Å². The number of piperidine rings is 1. The lowest BCUT2D eigenvalue weighted by molar-refractivity contribution is -0.126. The number of nitrogens with zero attached hydrogens (tertiary/aromatic N) is 1. The molecule has 0 aromatic heterocycles. The van der Waals surface area contributed by atoms with Gasteiger partial charge >= 0.3 is 0 Å². The number of nitrogens with one attached hydrogen (secondary N) is 1. The van der Waals surface area contributed by atoms with Crippen molar-refractivity contribution >= 4 is 23.4 Å². The maximum atomic E-state index is 13.6. The van der Waals surface area contributed by atoms with Crippen molar-refractivity contribution in [2.45, 2.75) is 26.3 Å². The number of rotatable bonds is 5. The minimum absolute atomic E-state index is 0.0709. The van der Waals surface area contributed by atoms with Crippen molar-refractivity contribution in [1.82, 2.24) is 10.2 Å². The highest BCUT2D eigenvalue weighted by atomic mass is 35.5. The molecule has 2 amide bonds. The van der Waals surface area contributed by atoms with E-state index in [9.17, 15) is 14.0 Å². The van der Waals surface area contributed by atoms with Crippen molar-refractivity contribution in [3.8, 4) is 5.75 Å². The molecule has 0 atom stereocenters. The first kappa shape index (κ1) is 21.1. The zero-order chi connectivity index (χ0) is 21.0. The monoisotopic (exact) mass is 418 g/mol. The van der Waals surface area contributed by atoms with Gasteiger partial charge in [0, 0.05) is 30.6 Å². The fraction of sp³-hybridized carbons (Fsp3) is 0.364. The molecular formula is C22H24ClFN2O3. The van der Waals surface area contributed by atoms with Gasteiger partial charge in [-0.05, 0) is 55.2 Å². The number of likely N-dealkylation sites (tertiary alicyclic amines) is 1. The summed E-state index contributed by atoms with van der Waals surface area (Å²) in [6.07, 6.45) is 1.14. The van der Waals surface area contributed by atoms with Crippen LogP contribution in [0.25, 0.3) is 0 Å². The summed E-state index contributed by atoms with van der Waals surface area (Å²) in [6, 6.07) is 9.89. The fourth-order valence-corrected chi connectivity index (χ4v) is 3.61. The van der Waals surface area contributed by atoms with Gasteiger partial charge in [-0.25, -0.2) is 4.39 Å². The van der Waals surface area contributed by atoms with E-state index in [0.717, 1.165) is 5.56 Å². The van der Waals surface area contributed by atoms with Gasteiger partial charge in [-0.15, -0.1) is 0 Å². The number of benzene rings is 2. The van der Waals surface area contributed by atoms with Crippen LogP contribution in [0.1, 0.15) is 34.3 Å². The molecule has 2 aromatic rings. The van der Waals surface area contributed by atoms with Crippen LogP contribution in [-0.4, -0.2) is 36.9 Å². The van der Waals surface area contributed by atoms with Crippen molar-refractivity contribution in [2.24, 2.45) is 5.92 Å². The number of hydrogen-bond donors (Lipinski definition) is 1. The first-order valence-electron chi connectivity index (χ1n) is 9.54. The number of carbonyl (C=O) groups excluding carboxylic acids is 2. The molecular weight excluding hydrogens is 395 g/mol. The van der Waals surface area contributed by atoms with Gasteiger partial charge in [0.2, 0.25) is 5.91 Å². The van der Waals surface area contributed by atoms with E-state index in [2.05, 4.69) is 5.32 Å². The normalized spacial score (nSPS) is 14.6. The highest BCUT2D eigenvalue weighted by Crippen LogP contribution is 2.26. The molecule has 1 aliphatic heterocycles. The van der Waals surface area contributed by atoms with Crippen molar-refractivity contribution in [2.75, 3.05) is 20.2 Å². The summed E-state index contributed by atoms with van der Waals surface area (Å²) in [5, 5.41) is 3.34. The third-order valence-corrected chi connectivity index (χ3v) is 5.48. The predicted octanol–water partition coefficient (Wildman–Crippen LogP) is 3.96. The first-order valence-corrected chi connectivity index (χ1v) is 9.92. The molecule has 0 radical (unpaired) electrons. The van der Waals surface area contributed by atoms with Crippen LogP contribution < -0.4 is 10.1 Å². The Labute approximate surface area is 174 Å². The number of ether oxygens (including phenoxy) is 1. The van der Waals surface area contributed by atoms with E-state index in [-0.39, 0.29) is 30.1 Å². The Morgan fingerprint density at radius 1 is 1.21 bits per heavy atom. The van der Waals surface area contributed by atoms with Crippen molar-refractivity contribution in [3.63, 3.8) is 0 Å². The second-order valence-electron chi connectivity index (χ2n) is 7.21. The van der Waals surface area contributed by atoms with E-state index in [1.54, 1.807) is 42.2 Å². The molecule has 0 unspecified atom stereocenters. The van der Waals surface area contributed by atoms with Crippen molar-refractivity contribution in [1.29, 1.82) is 0 Å². The maximum absolute atomic E-state index is 13.6. The molecule has 3 rings (SSSR count). The SMILES string of the molecule is COc1ccc(Cl)cc1C(=O)N1CCC(C(=O)NCc2ccc(C)c(F)c2)CC1. The molecule has 7 heteroatoms. The summed E-state index contributed by atoms with van der Waals surface area (Å²) in [5.74, 6) is -0.197. The molecule has 1 fully saturated rings. The predicted molar refractivity (Wildman–Crippen MR) is 110 cm³/mol. The topological polar surface area (TPSA) is 58.6 Å². The smallest absolute Gasteiger partial charge is 0.257 e. The molecule has 1 heterocycles. The van der Waals surface area contributed by atoms with Gasteiger partial charge in [-0.1, -0.05) is 23.7 Å². The Kier molecular flexibility index (Phi) is 6.75. The number of amides is 2. The molecule has 0 bridgehead atoms. The molecule has 1 N–H and O–H groups in total. The molecule has 1 saturated heterocycles. The fourth-order valence-electron chi connectivity index (χ4n) is 3.44. The Morgan fingerprint density at radius 2 is 1.93 bits per heavy atom. The Balaban J connectivity index is 1.54. The van der Waals surface area contributed by atoms with Crippen LogP contribution in [0, 0.1) is 18.7 Å². The maximum Gasteiger partial charge on any atom is 0.257 e. The van der Waals surface area contributed by atoms with Crippen LogP contribution in [0.2, 0.25) is 5.02 Å². The van der Waals surface area contributed by atoms with E-state index in [1.165, 1.54) is 13.2 Å².